The van der Waals surface area contributed by atoms with Crippen LogP contribution in [-0.2, 0) is 40.5 Å². The van der Waals surface area contributed by atoms with E-state index in [1.807, 2.05) is 19.2 Å². The summed E-state index contributed by atoms with van der Waals surface area (Å²) in [6.45, 7) is 3.45. The van der Waals surface area contributed by atoms with Crippen molar-refractivity contribution in [3.05, 3.63) is 35.1 Å². The minimum Gasteiger partial charge on any atom is -0.493 e. The number of nitrogens with zero attached hydrogens (tertiary/aromatic N) is 1. The number of methoxy groups -OCH3 is 1. The van der Waals surface area contributed by atoms with E-state index in [-0.39, 0.29) is 31.1 Å². The molecule has 1 fully saturated rings. The highest BCUT2D eigenvalue weighted by Crippen LogP contribution is 2.65. The first-order valence-corrected chi connectivity index (χ1v) is 14.0. The summed E-state index contributed by atoms with van der Waals surface area (Å²) >= 11 is 0. The monoisotopic (exact) mass is 587 g/mol. The Morgan fingerprint density at radius 2 is 1.98 bits per heavy atom. The van der Waals surface area contributed by atoms with Crippen LogP contribution in [0.5, 0.6) is 11.5 Å². The summed E-state index contributed by atoms with van der Waals surface area (Å²) in [6, 6.07) is 1.39. The van der Waals surface area contributed by atoms with E-state index in [1.165, 1.54) is 13.8 Å². The average Bonchev–Trinajstić information content (AvgIpc) is 3.30. The number of hydrogen-bond acceptors (Lipinski definition) is 11. The number of likely N-dealkylation sites (tertiary alicyclic amines) is 1. The number of carboxylic acid groups (broad SMARTS) is 1. The molecule has 13 nitrogen and oxygen atoms in total. The fourth-order valence-corrected chi connectivity index (χ4v) is 6.89. The summed E-state index contributed by atoms with van der Waals surface area (Å²) in [6.07, 6.45) is 0.726. The summed E-state index contributed by atoms with van der Waals surface area (Å²) in [5, 5.41) is 23.5. The van der Waals surface area contributed by atoms with Crippen LogP contribution in [0.4, 0.5) is 0 Å². The number of nitrogens with two attached hydrogens (primary N) is 1. The van der Waals surface area contributed by atoms with Crippen LogP contribution in [0.15, 0.2) is 24.0 Å². The average molecular weight is 588 g/mol. The Hall–Kier alpha value is -3.68. The van der Waals surface area contributed by atoms with Crippen molar-refractivity contribution < 1.29 is 48.3 Å². The largest absolute Gasteiger partial charge is 0.493 e. The van der Waals surface area contributed by atoms with Gasteiger partial charge in [-0.1, -0.05) is 6.07 Å². The Labute approximate surface area is 242 Å². The zero-order chi connectivity index (χ0) is 30.6. The topological polar surface area (TPSA) is 187 Å². The lowest BCUT2D eigenvalue weighted by Crippen LogP contribution is -2.74. The van der Waals surface area contributed by atoms with Crippen LogP contribution in [0.3, 0.4) is 0 Å². The van der Waals surface area contributed by atoms with E-state index >= 15 is 0 Å². The van der Waals surface area contributed by atoms with Crippen molar-refractivity contribution in [2.75, 3.05) is 20.7 Å². The number of amides is 1. The SMILES string of the molecule is COc1ccc2c3c1O[C@H]1C(OC(=O)C(C)OC(=O)C(C)NC(=O)CCC(N)C(=O)O)=CC[C@@]4(O)[C@@H](C2)N(C)CC[C@]314. The Balaban J connectivity index is 1.29. The van der Waals surface area contributed by atoms with Crippen LogP contribution in [0, 0.1) is 0 Å². The van der Waals surface area contributed by atoms with Gasteiger partial charge in [0.25, 0.3) is 0 Å². The molecule has 2 bridgehead atoms. The molecule has 5 rings (SSSR count). The molecule has 0 aromatic heterocycles. The molecule has 228 valence electrons. The molecule has 42 heavy (non-hydrogen) atoms. The Kier molecular flexibility index (Phi) is 7.71. The van der Waals surface area contributed by atoms with Gasteiger partial charge in [-0.2, -0.15) is 0 Å². The quantitative estimate of drug-likeness (QED) is 0.272. The number of rotatable bonds is 10. The number of nitrogens with one attached hydrogen (secondary N) is 1. The van der Waals surface area contributed by atoms with Crippen LogP contribution in [-0.4, -0.2) is 95.6 Å². The first kappa shape index (κ1) is 29.8. The molecule has 5 N–H and O–H groups in total. The second-order valence-electron chi connectivity index (χ2n) is 11.6. The molecule has 4 aliphatic rings. The predicted octanol–water partition coefficient (Wildman–Crippen LogP) is 0.145. The van der Waals surface area contributed by atoms with Crippen molar-refractivity contribution in [1.82, 2.24) is 10.2 Å². The van der Waals surface area contributed by atoms with Gasteiger partial charge in [0.05, 0.1) is 18.1 Å². The highest BCUT2D eigenvalue weighted by Gasteiger charge is 2.72. The third-order valence-electron chi connectivity index (χ3n) is 9.13. The van der Waals surface area contributed by atoms with E-state index in [0.29, 0.717) is 30.9 Å². The number of hydrogen-bond donors (Lipinski definition) is 4. The van der Waals surface area contributed by atoms with Gasteiger partial charge in [0.15, 0.2) is 23.7 Å². The van der Waals surface area contributed by atoms with Gasteiger partial charge >= 0.3 is 17.9 Å². The fourth-order valence-electron chi connectivity index (χ4n) is 6.89. The number of carbonyl (C=O) groups excluding carboxylic acids is 3. The van der Waals surface area contributed by atoms with Crippen LogP contribution in [0.1, 0.15) is 50.7 Å². The van der Waals surface area contributed by atoms with Crippen molar-refractivity contribution in [3.8, 4) is 11.5 Å². The Bertz CT molecular complexity index is 1350. The summed E-state index contributed by atoms with van der Waals surface area (Å²) < 4.78 is 23.1. The number of aliphatic hydroxyl groups is 1. The first-order chi connectivity index (χ1) is 19.8. The Morgan fingerprint density at radius 3 is 2.67 bits per heavy atom. The van der Waals surface area contributed by atoms with E-state index in [0.717, 1.165) is 11.1 Å². The zero-order valence-corrected chi connectivity index (χ0v) is 24.0. The van der Waals surface area contributed by atoms with Gasteiger partial charge in [0.2, 0.25) is 5.91 Å². The predicted molar refractivity (Wildman–Crippen MR) is 146 cm³/mol. The minimum absolute atomic E-state index is 0.102. The zero-order valence-electron chi connectivity index (χ0n) is 24.0. The molecular formula is C29H37N3O10. The summed E-state index contributed by atoms with van der Waals surface area (Å²) in [5.41, 5.74) is 5.35. The number of carbonyl (C=O) groups is 4. The van der Waals surface area contributed by atoms with Gasteiger partial charge in [0, 0.05) is 24.4 Å². The van der Waals surface area contributed by atoms with Gasteiger partial charge in [-0.25, -0.2) is 9.59 Å². The van der Waals surface area contributed by atoms with E-state index < -0.39 is 59.1 Å². The molecular weight excluding hydrogens is 550 g/mol. The normalized spacial score (nSPS) is 29.1. The Morgan fingerprint density at radius 1 is 1.24 bits per heavy atom. The molecule has 0 radical (unpaired) electrons. The smallest absolute Gasteiger partial charge is 0.352 e. The highest BCUT2D eigenvalue weighted by atomic mass is 16.6. The van der Waals surface area contributed by atoms with Gasteiger partial charge in [-0.15, -0.1) is 0 Å². The minimum atomic E-state index is -1.32. The van der Waals surface area contributed by atoms with Crippen LogP contribution in [0.25, 0.3) is 0 Å². The molecule has 1 amide bonds. The molecule has 2 aliphatic carbocycles. The highest BCUT2D eigenvalue weighted by molar-refractivity contribution is 5.86. The van der Waals surface area contributed by atoms with Gasteiger partial charge in [0.1, 0.15) is 17.8 Å². The lowest BCUT2D eigenvalue weighted by atomic mass is 9.50. The van der Waals surface area contributed by atoms with E-state index in [2.05, 4.69) is 10.2 Å². The number of piperidine rings is 1. The number of benzene rings is 1. The fraction of sp³-hybridized carbons (Fsp3) is 0.586. The lowest BCUT2D eigenvalue weighted by molar-refractivity contribution is -0.176. The van der Waals surface area contributed by atoms with Gasteiger partial charge in [-0.05, 0) is 64.4 Å². The number of aliphatic carboxylic acids is 1. The summed E-state index contributed by atoms with van der Waals surface area (Å²) in [4.78, 5) is 50.8. The van der Waals surface area contributed by atoms with Crippen LogP contribution in [0.2, 0.25) is 0 Å². The molecule has 7 atom stereocenters. The van der Waals surface area contributed by atoms with Crippen LogP contribution >= 0.6 is 0 Å². The lowest BCUT2D eigenvalue weighted by Gasteiger charge is -2.61. The molecule has 1 spiro atoms. The molecule has 1 saturated heterocycles. The summed E-state index contributed by atoms with van der Waals surface area (Å²) in [7, 11) is 3.55. The van der Waals surface area contributed by atoms with Crippen LogP contribution < -0.4 is 20.5 Å². The van der Waals surface area contributed by atoms with Crippen molar-refractivity contribution in [2.24, 2.45) is 5.73 Å². The summed E-state index contributed by atoms with van der Waals surface area (Å²) in [5.74, 6) is -2.21. The second kappa shape index (κ2) is 10.9. The van der Waals surface area contributed by atoms with Crippen molar-refractivity contribution >= 4 is 23.8 Å². The third-order valence-corrected chi connectivity index (χ3v) is 9.13. The molecule has 1 aromatic carbocycles. The maximum Gasteiger partial charge on any atom is 0.352 e. The number of ether oxygens (including phenoxy) is 4. The molecule has 3 unspecified atom stereocenters. The van der Waals surface area contributed by atoms with Crippen molar-refractivity contribution in [1.29, 1.82) is 0 Å². The molecule has 2 heterocycles. The second-order valence-corrected chi connectivity index (χ2v) is 11.6. The maximum atomic E-state index is 13.1. The van der Waals surface area contributed by atoms with Gasteiger partial charge in [-0.3, -0.25) is 9.59 Å². The third kappa shape index (κ3) is 4.59. The molecule has 0 saturated carbocycles. The molecule has 13 heteroatoms. The van der Waals surface area contributed by atoms with Gasteiger partial charge < -0.3 is 45.1 Å². The molecule has 2 aliphatic heterocycles. The standard InChI is InChI=1S/C29H37N3O10/c1-14(31-21(33)8-6-17(30)25(34)35)26(36)40-15(2)27(37)41-19-9-10-29(38)20-13-16-5-7-18(39-4)23-22(16)28(29,24(19)42-23)11-12-32(20)3/h5,7,9,14-15,17,20,24,38H,6,8,10-13,30H2,1-4H3,(H,31,33)(H,34,35)/t14?,15?,17?,20-,24+,28+,29-/m1/s1. The number of esters is 2. The number of carboxylic acids is 1. The first-order valence-electron chi connectivity index (χ1n) is 14.0. The van der Waals surface area contributed by atoms with E-state index in [4.69, 9.17) is 29.8 Å². The maximum absolute atomic E-state index is 13.1. The van der Waals surface area contributed by atoms with E-state index in [1.54, 1.807) is 13.2 Å². The van der Waals surface area contributed by atoms with Crippen molar-refractivity contribution in [2.45, 2.75) is 87.3 Å². The van der Waals surface area contributed by atoms with E-state index in [9.17, 15) is 24.3 Å². The molecule has 1 aromatic rings. The van der Waals surface area contributed by atoms with Crippen molar-refractivity contribution in [3.63, 3.8) is 0 Å². The number of likely N-dealkylation sites (N-methyl/N-ethyl adjacent to an activating group) is 1.